The van der Waals surface area contributed by atoms with E-state index in [2.05, 4.69) is 28.9 Å². The Morgan fingerprint density at radius 1 is 1.19 bits per heavy atom. The molecule has 27 heavy (non-hydrogen) atoms. The normalized spacial score (nSPS) is 23.8. The molecule has 148 valence electrons. The van der Waals surface area contributed by atoms with Crippen LogP contribution in [0, 0.1) is 5.92 Å². The van der Waals surface area contributed by atoms with Crippen molar-refractivity contribution >= 4 is 5.91 Å². The summed E-state index contributed by atoms with van der Waals surface area (Å²) in [5, 5.41) is 3.05. The van der Waals surface area contributed by atoms with Gasteiger partial charge in [0.1, 0.15) is 0 Å². The Kier molecular flexibility index (Phi) is 6.78. The van der Waals surface area contributed by atoms with Gasteiger partial charge < -0.3 is 19.7 Å². The van der Waals surface area contributed by atoms with E-state index in [1.54, 1.807) is 14.2 Å². The first kappa shape index (κ1) is 19.7. The van der Waals surface area contributed by atoms with E-state index < -0.39 is 0 Å². The zero-order chi connectivity index (χ0) is 19.2. The molecule has 5 nitrogen and oxygen atoms in total. The fourth-order valence-electron chi connectivity index (χ4n) is 4.55. The van der Waals surface area contributed by atoms with Crippen LogP contribution in [0.4, 0.5) is 0 Å². The van der Waals surface area contributed by atoms with Gasteiger partial charge >= 0.3 is 0 Å². The highest BCUT2D eigenvalue weighted by atomic mass is 16.5. The summed E-state index contributed by atoms with van der Waals surface area (Å²) in [5.74, 6) is 2.84. The third kappa shape index (κ3) is 5.04. The predicted octanol–water partition coefficient (Wildman–Crippen LogP) is 3.35. The third-order valence-electron chi connectivity index (χ3n) is 6.06. The van der Waals surface area contributed by atoms with Gasteiger partial charge in [-0.15, -0.1) is 0 Å². The van der Waals surface area contributed by atoms with Gasteiger partial charge in [-0.1, -0.05) is 12.6 Å². The second-order valence-corrected chi connectivity index (χ2v) is 7.78. The lowest BCUT2D eigenvalue weighted by Gasteiger charge is -2.34. The molecule has 2 atom stereocenters. The molecule has 0 unspecified atom stereocenters. The van der Waals surface area contributed by atoms with E-state index in [1.165, 1.54) is 30.9 Å². The highest BCUT2D eigenvalue weighted by Gasteiger charge is 2.29. The van der Waals surface area contributed by atoms with Gasteiger partial charge in [-0.05, 0) is 80.8 Å². The standard InChI is InChI=1S/C22H32N2O3/c1-4-22(25)23-19-7-5-16(13-19)15-24-11-9-17(10-12-24)18-6-8-20(26-2)21(14-18)27-3/h4,6,8,14,16-17,19H,1,5,7,9-13,15H2,2-3H3,(H,23,25)/t16-,19+/m0/s1. The number of nitrogens with zero attached hydrogens (tertiary/aromatic N) is 1. The molecule has 1 aromatic carbocycles. The van der Waals surface area contributed by atoms with E-state index in [9.17, 15) is 4.79 Å². The maximum absolute atomic E-state index is 11.5. The molecule has 0 spiro atoms. The van der Waals surface area contributed by atoms with E-state index in [4.69, 9.17) is 9.47 Å². The number of hydrogen-bond acceptors (Lipinski definition) is 4. The minimum Gasteiger partial charge on any atom is -0.493 e. The van der Waals surface area contributed by atoms with Gasteiger partial charge in [-0.3, -0.25) is 4.79 Å². The maximum Gasteiger partial charge on any atom is 0.243 e. The number of carbonyl (C=O) groups is 1. The molecule has 1 N–H and O–H groups in total. The fraction of sp³-hybridized carbons (Fsp3) is 0.591. The summed E-state index contributed by atoms with van der Waals surface area (Å²) in [4.78, 5) is 14.1. The van der Waals surface area contributed by atoms with Gasteiger partial charge in [0.25, 0.3) is 0 Å². The van der Waals surface area contributed by atoms with Crippen molar-refractivity contribution in [3.8, 4) is 11.5 Å². The van der Waals surface area contributed by atoms with Gasteiger partial charge in [0.15, 0.2) is 11.5 Å². The number of amides is 1. The molecule has 3 rings (SSSR count). The van der Waals surface area contributed by atoms with Gasteiger partial charge in [0, 0.05) is 12.6 Å². The van der Waals surface area contributed by atoms with Crippen LogP contribution < -0.4 is 14.8 Å². The number of ether oxygens (including phenoxy) is 2. The molecule has 1 amide bonds. The molecule has 0 bridgehead atoms. The Labute approximate surface area is 162 Å². The Morgan fingerprint density at radius 2 is 1.93 bits per heavy atom. The first-order chi connectivity index (χ1) is 13.1. The lowest BCUT2D eigenvalue weighted by Crippen LogP contribution is -2.37. The van der Waals surface area contributed by atoms with Crippen molar-refractivity contribution in [3.63, 3.8) is 0 Å². The molecule has 1 saturated carbocycles. The van der Waals surface area contributed by atoms with E-state index in [0.717, 1.165) is 44.0 Å². The average molecular weight is 373 g/mol. The van der Waals surface area contributed by atoms with Gasteiger partial charge in [-0.2, -0.15) is 0 Å². The number of likely N-dealkylation sites (tertiary alicyclic amines) is 1. The SMILES string of the molecule is C=CC(=O)N[C@@H]1CC[C@H](CN2CCC(c3ccc(OC)c(OC)c3)CC2)C1. The van der Waals surface area contributed by atoms with Crippen molar-refractivity contribution in [1.29, 1.82) is 0 Å². The second-order valence-electron chi connectivity index (χ2n) is 7.78. The van der Waals surface area contributed by atoms with Crippen LogP contribution in [0.15, 0.2) is 30.9 Å². The van der Waals surface area contributed by atoms with Crippen molar-refractivity contribution in [2.45, 2.75) is 44.1 Å². The number of nitrogens with one attached hydrogen (secondary N) is 1. The highest BCUT2D eigenvalue weighted by molar-refractivity contribution is 5.87. The molecule has 1 saturated heterocycles. The van der Waals surface area contributed by atoms with Crippen LogP contribution in [0.5, 0.6) is 11.5 Å². The molecule has 0 radical (unpaired) electrons. The molecule has 1 aromatic rings. The van der Waals surface area contributed by atoms with E-state index >= 15 is 0 Å². The molecule has 2 aliphatic rings. The molecule has 0 aromatic heterocycles. The van der Waals surface area contributed by atoms with Crippen LogP contribution in [0.1, 0.15) is 43.6 Å². The van der Waals surface area contributed by atoms with Crippen LogP contribution >= 0.6 is 0 Å². The lowest BCUT2D eigenvalue weighted by atomic mass is 9.88. The highest BCUT2D eigenvalue weighted by Crippen LogP contribution is 2.35. The van der Waals surface area contributed by atoms with Crippen molar-refractivity contribution < 1.29 is 14.3 Å². The third-order valence-corrected chi connectivity index (χ3v) is 6.06. The van der Waals surface area contributed by atoms with E-state index in [0.29, 0.717) is 17.9 Å². The molecular formula is C22H32N2O3. The topological polar surface area (TPSA) is 50.8 Å². The Balaban J connectivity index is 1.47. The molecule has 1 heterocycles. The van der Waals surface area contributed by atoms with Crippen LogP contribution in [-0.4, -0.2) is 50.7 Å². The molecule has 1 aliphatic heterocycles. The quantitative estimate of drug-likeness (QED) is 0.746. The Morgan fingerprint density at radius 3 is 2.59 bits per heavy atom. The molecule has 1 aliphatic carbocycles. The summed E-state index contributed by atoms with van der Waals surface area (Å²) in [5.41, 5.74) is 1.35. The lowest BCUT2D eigenvalue weighted by molar-refractivity contribution is -0.117. The summed E-state index contributed by atoms with van der Waals surface area (Å²) >= 11 is 0. The number of rotatable bonds is 7. The minimum atomic E-state index is -0.0450. The molecular weight excluding hydrogens is 340 g/mol. The summed E-state index contributed by atoms with van der Waals surface area (Å²) < 4.78 is 10.8. The predicted molar refractivity (Wildman–Crippen MR) is 107 cm³/mol. The second kappa shape index (κ2) is 9.27. The first-order valence-corrected chi connectivity index (χ1v) is 10.00. The summed E-state index contributed by atoms with van der Waals surface area (Å²) in [6.45, 7) is 6.96. The van der Waals surface area contributed by atoms with Crippen LogP contribution in [0.3, 0.4) is 0 Å². The zero-order valence-corrected chi connectivity index (χ0v) is 16.6. The Hall–Kier alpha value is -2.01. The van der Waals surface area contributed by atoms with Crippen LogP contribution in [-0.2, 0) is 4.79 Å². The first-order valence-electron chi connectivity index (χ1n) is 10.00. The van der Waals surface area contributed by atoms with Crippen molar-refractivity contribution in [2.24, 2.45) is 5.92 Å². The zero-order valence-electron chi connectivity index (χ0n) is 16.6. The monoisotopic (exact) mass is 372 g/mol. The van der Waals surface area contributed by atoms with Crippen LogP contribution in [0.25, 0.3) is 0 Å². The number of piperidine rings is 1. The van der Waals surface area contributed by atoms with Crippen molar-refractivity contribution in [1.82, 2.24) is 10.2 Å². The Bertz CT molecular complexity index is 653. The van der Waals surface area contributed by atoms with Gasteiger partial charge in [0.2, 0.25) is 5.91 Å². The molecule has 5 heteroatoms. The number of carbonyl (C=O) groups excluding carboxylic acids is 1. The van der Waals surface area contributed by atoms with Crippen molar-refractivity contribution in [3.05, 3.63) is 36.4 Å². The van der Waals surface area contributed by atoms with Crippen molar-refractivity contribution in [2.75, 3.05) is 33.9 Å². The van der Waals surface area contributed by atoms with Gasteiger partial charge in [-0.25, -0.2) is 0 Å². The van der Waals surface area contributed by atoms with Crippen LogP contribution in [0.2, 0.25) is 0 Å². The van der Waals surface area contributed by atoms with E-state index in [1.807, 2.05) is 6.07 Å². The van der Waals surface area contributed by atoms with E-state index in [-0.39, 0.29) is 5.91 Å². The van der Waals surface area contributed by atoms with Gasteiger partial charge in [0.05, 0.1) is 14.2 Å². The number of methoxy groups -OCH3 is 2. The fourth-order valence-corrected chi connectivity index (χ4v) is 4.55. The summed E-state index contributed by atoms with van der Waals surface area (Å²) in [7, 11) is 3.36. The average Bonchev–Trinajstić information content (AvgIpc) is 3.14. The number of hydrogen-bond donors (Lipinski definition) is 1. The minimum absolute atomic E-state index is 0.0450. The largest absolute Gasteiger partial charge is 0.493 e. The summed E-state index contributed by atoms with van der Waals surface area (Å²) in [6.07, 6.45) is 7.11. The number of benzene rings is 1. The molecule has 2 fully saturated rings. The summed E-state index contributed by atoms with van der Waals surface area (Å²) in [6, 6.07) is 6.63. The maximum atomic E-state index is 11.5. The smallest absolute Gasteiger partial charge is 0.243 e.